The average Bonchev–Trinajstić information content (AvgIpc) is 3.12. The molecular weight excluding hydrogens is 466 g/mol. The van der Waals surface area contributed by atoms with Crippen LogP contribution in [0, 0.1) is 0 Å². The largest absolute Gasteiger partial charge is 0.442 e. The monoisotopic (exact) mass is 488 g/mol. The Hall–Kier alpha value is -1.76. The molecular formula is C19H23ClF6N4O2. The lowest BCUT2D eigenvalue weighted by molar-refractivity contribution is -0.314. The summed E-state index contributed by atoms with van der Waals surface area (Å²) in [5.74, 6) is -1.59. The van der Waals surface area contributed by atoms with E-state index in [0.717, 1.165) is 17.7 Å². The van der Waals surface area contributed by atoms with Crippen LogP contribution in [0.5, 0.6) is 0 Å². The fourth-order valence-corrected chi connectivity index (χ4v) is 4.04. The number of nitrogens with two attached hydrogens (primary N) is 1. The van der Waals surface area contributed by atoms with Crippen LogP contribution in [0.2, 0.25) is 5.02 Å². The first-order chi connectivity index (χ1) is 14.9. The number of nitrogens with zero attached hydrogens (tertiary/aromatic N) is 2. The molecule has 2 aliphatic heterocycles. The summed E-state index contributed by atoms with van der Waals surface area (Å²) in [5, 5.41) is 3.28. The summed E-state index contributed by atoms with van der Waals surface area (Å²) in [7, 11) is 0. The molecule has 3 rings (SSSR count). The molecule has 0 aliphatic carbocycles. The number of esters is 1. The predicted octanol–water partition coefficient (Wildman–Crippen LogP) is 2.69. The molecule has 2 heterocycles. The lowest BCUT2D eigenvalue weighted by atomic mass is 10.1. The first kappa shape index (κ1) is 24.9. The van der Waals surface area contributed by atoms with Gasteiger partial charge in [0, 0.05) is 56.0 Å². The van der Waals surface area contributed by atoms with Gasteiger partial charge in [0.05, 0.1) is 0 Å². The second-order valence-electron chi connectivity index (χ2n) is 7.86. The molecule has 0 bridgehead atoms. The number of carbonyl (C=O) groups excluding carboxylic acids is 1. The van der Waals surface area contributed by atoms with Gasteiger partial charge in [0.15, 0.2) is 0 Å². The Balaban J connectivity index is 1.80. The van der Waals surface area contributed by atoms with E-state index >= 15 is 0 Å². The molecule has 1 aromatic carbocycles. The van der Waals surface area contributed by atoms with E-state index in [1.165, 1.54) is 4.90 Å². The van der Waals surface area contributed by atoms with Crippen LogP contribution in [0.4, 0.5) is 32.0 Å². The van der Waals surface area contributed by atoms with Crippen molar-refractivity contribution in [2.75, 3.05) is 37.6 Å². The summed E-state index contributed by atoms with van der Waals surface area (Å²) >= 11 is 6.13. The highest BCUT2D eigenvalue weighted by atomic mass is 35.5. The first-order valence-corrected chi connectivity index (χ1v) is 10.3. The Kier molecular flexibility index (Phi) is 7.48. The molecule has 3 N–H and O–H groups in total. The minimum Gasteiger partial charge on any atom is -0.442 e. The van der Waals surface area contributed by atoms with Crippen molar-refractivity contribution in [2.45, 2.75) is 43.5 Å². The number of hydrogen-bond acceptors (Lipinski definition) is 6. The smallest absolute Gasteiger partial charge is 0.434 e. The highest BCUT2D eigenvalue weighted by Crippen LogP contribution is 2.36. The molecule has 180 valence electrons. The van der Waals surface area contributed by atoms with Crippen molar-refractivity contribution < 1.29 is 35.9 Å². The van der Waals surface area contributed by atoms with Crippen LogP contribution in [0.15, 0.2) is 18.2 Å². The highest BCUT2D eigenvalue weighted by molar-refractivity contribution is 6.30. The zero-order chi connectivity index (χ0) is 23.7. The third-order valence-corrected chi connectivity index (χ3v) is 5.68. The van der Waals surface area contributed by atoms with Gasteiger partial charge in [0.2, 0.25) is 0 Å². The lowest BCUT2D eigenvalue weighted by Crippen LogP contribution is -2.57. The Morgan fingerprint density at radius 2 is 1.91 bits per heavy atom. The van der Waals surface area contributed by atoms with Crippen LogP contribution < -0.4 is 16.0 Å². The normalized spacial score (nSPS) is 23.1. The number of carbonyl (C=O) groups is 1. The van der Waals surface area contributed by atoms with Crippen LogP contribution in [-0.2, 0) is 16.1 Å². The SMILES string of the molecule is NC1CCN(c2cc(Cl)ccc2CN2CCNCC2C(=O)OC(C(F)(F)F)C(F)(F)F)C1. The zero-order valence-corrected chi connectivity index (χ0v) is 17.6. The number of rotatable bonds is 5. The van der Waals surface area contributed by atoms with E-state index in [2.05, 4.69) is 10.1 Å². The topological polar surface area (TPSA) is 70.8 Å². The summed E-state index contributed by atoms with van der Waals surface area (Å²) < 4.78 is 80.9. The second kappa shape index (κ2) is 9.62. The number of ether oxygens (including phenoxy) is 1. The number of alkyl halides is 6. The molecule has 2 unspecified atom stereocenters. The average molecular weight is 489 g/mol. The van der Waals surface area contributed by atoms with Crippen molar-refractivity contribution in [1.29, 1.82) is 0 Å². The molecule has 0 aromatic heterocycles. The molecule has 0 saturated carbocycles. The van der Waals surface area contributed by atoms with Crippen LogP contribution in [-0.4, -0.2) is 74.1 Å². The van der Waals surface area contributed by atoms with Crippen molar-refractivity contribution in [3.05, 3.63) is 28.8 Å². The molecule has 2 atom stereocenters. The third kappa shape index (κ3) is 5.97. The molecule has 32 heavy (non-hydrogen) atoms. The van der Waals surface area contributed by atoms with Gasteiger partial charge in [0.25, 0.3) is 6.10 Å². The number of nitrogens with one attached hydrogen (secondary N) is 1. The predicted molar refractivity (Wildman–Crippen MR) is 105 cm³/mol. The van der Waals surface area contributed by atoms with Crippen molar-refractivity contribution in [2.24, 2.45) is 5.73 Å². The minimum absolute atomic E-state index is 0.0228. The summed E-state index contributed by atoms with van der Waals surface area (Å²) in [6.07, 6.45) is -14.9. The van der Waals surface area contributed by atoms with E-state index in [4.69, 9.17) is 17.3 Å². The molecule has 0 amide bonds. The van der Waals surface area contributed by atoms with Gasteiger partial charge in [-0.3, -0.25) is 9.69 Å². The minimum atomic E-state index is -5.77. The van der Waals surface area contributed by atoms with E-state index < -0.39 is 30.5 Å². The maximum absolute atomic E-state index is 12.8. The van der Waals surface area contributed by atoms with Gasteiger partial charge in [-0.05, 0) is 24.1 Å². The van der Waals surface area contributed by atoms with Crippen molar-refractivity contribution in [3.63, 3.8) is 0 Å². The number of benzene rings is 1. The fraction of sp³-hybridized carbons (Fsp3) is 0.632. The second-order valence-corrected chi connectivity index (χ2v) is 8.29. The highest BCUT2D eigenvalue weighted by Gasteiger charge is 2.60. The van der Waals surface area contributed by atoms with E-state index in [0.29, 0.717) is 24.7 Å². The van der Waals surface area contributed by atoms with E-state index in [-0.39, 0.29) is 25.7 Å². The van der Waals surface area contributed by atoms with Crippen LogP contribution in [0.25, 0.3) is 0 Å². The van der Waals surface area contributed by atoms with Gasteiger partial charge in [-0.1, -0.05) is 17.7 Å². The number of piperazine rings is 1. The lowest BCUT2D eigenvalue weighted by Gasteiger charge is -2.36. The molecule has 1 aromatic rings. The van der Waals surface area contributed by atoms with Gasteiger partial charge in [-0.15, -0.1) is 0 Å². The Morgan fingerprint density at radius 3 is 2.50 bits per heavy atom. The summed E-state index contributed by atoms with van der Waals surface area (Å²) in [6, 6.07) is 3.74. The van der Waals surface area contributed by atoms with Gasteiger partial charge in [0.1, 0.15) is 6.04 Å². The van der Waals surface area contributed by atoms with E-state index in [9.17, 15) is 31.1 Å². The van der Waals surface area contributed by atoms with E-state index in [1.54, 1.807) is 18.2 Å². The molecule has 2 aliphatic rings. The Bertz CT molecular complexity index is 808. The number of anilines is 1. The number of halogens is 7. The first-order valence-electron chi connectivity index (χ1n) is 9.94. The van der Waals surface area contributed by atoms with E-state index in [1.807, 2.05) is 4.90 Å². The van der Waals surface area contributed by atoms with Gasteiger partial charge in [-0.2, -0.15) is 26.3 Å². The van der Waals surface area contributed by atoms with Crippen molar-refractivity contribution in [1.82, 2.24) is 10.2 Å². The quantitative estimate of drug-likeness (QED) is 0.490. The maximum Gasteiger partial charge on any atom is 0.434 e. The fourth-order valence-electron chi connectivity index (χ4n) is 3.87. The molecule has 2 fully saturated rings. The molecule has 0 radical (unpaired) electrons. The standard InChI is InChI=1S/C19H23ClF6N4O2/c20-12-2-1-11(14(7-12)29-5-3-13(27)10-29)9-30-6-4-28-8-15(30)16(31)32-17(18(21,22)23)19(24,25)26/h1-2,7,13,15,17,28H,3-6,8-10,27H2. The Morgan fingerprint density at radius 1 is 1.22 bits per heavy atom. The molecule has 2 saturated heterocycles. The Labute approximate surface area is 185 Å². The van der Waals surface area contributed by atoms with Crippen LogP contribution >= 0.6 is 11.6 Å². The summed E-state index contributed by atoms with van der Waals surface area (Å²) in [5.41, 5.74) is 7.47. The zero-order valence-electron chi connectivity index (χ0n) is 16.8. The van der Waals surface area contributed by atoms with Crippen molar-refractivity contribution >= 4 is 23.3 Å². The molecule has 13 heteroatoms. The van der Waals surface area contributed by atoms with Crippen LogP contribution in [0.3, 0.4) is 0 Å². The van der Waals surface area contributed by atoms with Gasteiger partial charge < -0.3 is 20.7 Å². The van der Waals surface area contributed by atoms with Gasteiger partial charge in [-0.25, -0.2) is 0 Å². The van der Waals surface area contributed by atoms with Crippen LogP contribution in [0.1, 0.15) is 12.0 Å². The maximum atomic E-state index is 12.8. The van der Waals surface area contributed by atoms with Gasteiger partial charge >= 0.3 is 18.3 Å². The molecule has 6 nitrogen and oxygen atoms in total. The summed E-state index contributed by atoms with van der Waals surface area (Å²) in [6.45, 7) is 1.87. The van der Waals surface area contributed by atoms with Crippen molar-refractivity contribution in [3.8, 4) is 0 Å². The number of hydrogen-bond donors (Lipinski definition) is 2. The molecule has 0 spiro atoms. The summed E-state index contributed by atoms with van der Waals surface area (Å²) in [4.78, 5) is 15.9. The third-order valence-electron chi connectivity index (χ3n) is 5.44.